The van der Waals surface area contributed by atoms with Gasteiger partial charge in [0.05, 0.1) is 10.9 Å². The van der Waals surface area contributed by atoms with Gasteiger partial charge in [0.2, 0.25) is 10.0 Å². The van der Waals surface area contributed by atoms with Crippen LogP contribution in [0, 0.1) is 0 Å². The molecule has 0 saturated carbocycles. The van der Waals surface area contributed by atoms with Crippen LogP contribution in [-0.4, -0.2) is 26.8 Å². The Balaban J connectivity index is 2.05. The fraction of sp³-hybridized carbons (Fsp3) is 0.556. The standard InChI is InChI=1S/C9H14N2O2S2/c12-15(13,9-2-1-4-10-6-9)11-8-3-5-14-7-8/h3,5,7,9-11H,1-2,4,6H2. The average Bonchev–Trinajstić information content (AvgIpc) is 2.71. The maximum Gasteiger partial charge on any atom is 0.236 e. The van der Waals surface area contributed by atoms with E-state index in [0.717, 1.165) is 19.4 Å². The van der Waals surface area contributed by atoms with E-state index in [-0.39, 0.29) is 5.25 Å². The number of thiophene rings is 1. The highest BCUT2D eigenvalue weighted by Crippen LogP contribution is 2.18. The third-order valence-corrected chi connectivity index (χ3v) is 4.96. The van der Waals surface area contributed by atoms with Gasteiger partial charge in [-0.2, -0.15) is 11.3 Å². The summed E-state index contributed by atoms with van der Waals surface area (Å²) in [5.41, 5.74) is 0.672. The number of nitrogens with one attached hydrogen (secondary N) is 2. The Morgan fingerprint density at radius 3 is 3.00 bits per heavy atom. The van der Waals surface area contributed by atoms with Gasteiger partial charge in [0, 0.05) is 11.9 Å². The van der Waals surface area contributed by atoms with Crippen molar-refractivity contribution in [2.75, 3.05) is 17.8 Å². The topological polar surface area (TPSA) is 58.2 Å². The van der Waals surface area contributed by atoms with Gasteiger partial charge in [-0.15, -0.1) is 0 Å². The molecule has 4 nitrogen and oxygen atoms in total. The van der Waals surface area contributed by atoms with Gasteiger partial charge in [-0.25, -0.2) is 8.42 Å². The molecule has 0 radical (unpaired) electrons. The van der Waals surface area contributed by atoms with Crippen LogP contribution in [0.25, 0.3) is 0 Å². The van der Waals surface area contributed by atoms with Gasteiger partial charge in [-0.3, -0.25) is 4.72 Å². The molecule has 1 saturated heterocycles. The van der Waals surface area contributed by atoms with Crippen molar-refractivity contribution in [2.24, 2.45) is 0 Å². The molecular formula is C9H14N2O2S2. The van der Waals surface area contributed by atoms with Crippen LogP contribution in [0.2, 0.25) is 0 Å². The second-order valence-corrected chi connectivity index (χ2v) is 6.37. The second-order valence-electron chi connectivity index (χ2n) is 3.63. The Hall–Kier alpha value is -0.590. The number of sulfonamides is 1. The lowest BCUT2D eigenvalue weighted by molar-refractivity contribution is 0.499. The maximum absolute atomic E-state index is 11.9. The third-order valence-electron chi connectivity index (χ3n) is 2.47. The Labute approximate surface area is 93.8 Å². The van der Waals surface area contributed by atoms with E-state index in [0.29, 0.717) is 12.2 Å². The highest BCUT2D eigenvalue weighted by Gasteiger charge is 2.26. The van der Waals surface area contributed by atoms with Crippen molar-refractivity contribution in [3.63, 3.8) is 0 Å². The minimum atomic E-state index is -3.21. The average molecular weight is 246 g/mol. The second kappa shape index (κ2) is 4.51. The summed E-state index contributed by atoms with van der Waals surface area (Å²) in [5.74, 6) is 0. The minimum absolute atomic E-state index is 0.300. The Morgan fingerprint density at radius 1 is 1.53 bits per heavy atom. The van der Waals surface area contributed by atoms with Crippen LogP contribution >= 0.6 is 11.3 Å². The predicted octanol–water partition coefficient (Wildman–Crippen LogP) is 1.24. The zero-order chi connectivity index (χ0) is 10.7. The lowest BCUT2D eigenvalue weighted by atomic mass is 10.2. The van der Waals surface area contributed by atoms with Crippen LogP contribution in [0.5, 0.6) is 0 Å². The van der Waals surface area contributed by atoms with E-state index in [1.54, 1.807) is 11.4 Å². The summed E-state index contributed by atoms with van der Waals surface area (Å²) in [6.45, 7) is 1.48. The molecule has 1 unspecified atom stereocenters. The Morgan fingerprint density at radius 2 is 2.40 bits per heavy atom. The molecule has 1 aliphatic heterocycles. The van der Waals surface area contributed by atoms with Gasteiger partial charge in [0.15, 0.2) is 0 Å². The number of piperidine rings is 1. The third kappa shape index (κ3) is 2.70. The summed E-state index contributed by atoms with van der Waals surface area (Å²) in [6.07, 6.45) is 1.67. The molecule has 2 N–H and O–H groups in total. The van der Waals surface area contributed by atoms with Gasteiger partial charge in [0.25, 0.3) is 0 Å². The van der Waals surface area contributed by atoms with Crippen molar-refractivity contribution in [1.29, 1.82) is 0 Å². The highest BCUT2D eigenvalue weighted by atomic mass is 32.2. The molecule has 0 bridgehead atoms. The fourth-order valence-electron chi connectivity index (χ4n) is 1.65. The number of anilines is 1. The molecule has 2 rings (SSSR count). The molecular weight excluding hydrogens is 232 g/mol. The van der Waals surface area contributed by atoms with Crippen molar-refractivity contribution in [3.05, 3.63) is 16.8 Å². The van der Waals surface area contributed by atoms with Gasteiger partial charge in [0.1, 0.15) is 0 Å². The first-order chi connectivity index (χ1) is 7.18. The molecule has 1 fully saturated rings. The Bertz CT molecular complexity index is 394. The molecule has 1 aromatic heterocycles. The summed E-state index contributed by atoms with van der Waals surface area (Å²) in [6, 6.07) is 1.78. The van der Waals surface area contributed by atoms with E-state index in [4.69, 9.17) is 0 Å². The summed E-state index contributed by atoms with van der Waals surface area (Å²) in [4.78, 5) is 0. The van der Waals surface area contributed by atoms with E-state index < -0.39 is 10.0 Å². The van der Waals surface area contributed by atoms with Gasteiger partial charge >= 0.3 is 0 Å². The predicted molar refractivity (Wildman–Crippen MR) is 62.8 cm³/mol. The van der Waals surface area contributed by atoms with Crippen LogP contribution in [0.1, 0.15) is 12.8 Å². The molecule has 0 aromatic carbocycles. The van der Waals surface area contributed by atoms with E-state index in [1.807, 2.05) is 5.38 Å². The molecule has 6 heteroatoms. The zero-order valence-electron chi connectivity index (χ0n) is 8.27. The number of hydrogen-bond donors (Lipinski definition) is 2. The smallest absolute Gasteiger partial charge is 0.236 e. The zero-order valence-corrected chi connectivity index (χ0v) is 9.90. The molecule has 15 heavy (non-hydrogen) atoms. The first-order valence-electron chi connectivity index (χ1n) is 4.93. The molecule has 0 spiro atoms. The number of rotatable bonds is 3. The molecule has 1 atom stereocenters. The maximum atomic E-state index is 11.9. The van der Waals surface area contributed by atoms with E-state index in [9.17, 15) is 8.42 Å². The molecule has 2 heterocycles. The summed E-state index contributed by atoms with van der Waals surface area (Å²) in [5, 5.41) is 6.46. The van der Waals surface area contributed by atoms with Crippen LogP contribution in [-0.2, 0) is 10.0 Å². The summed E-state index contributed by atoms with van der Waals surface area (Å²) >= 11 is 1.48. The first-order valence-corrected chi connectivity index (χ1v) is 7.42. The Kier molecular flexibility index (Phi) is 3.28. The van der Waals surface area contributed by atoms with Crippen LogP contribution in [0.3, 0.4) is 0 Å². The monoisotopic (exact) mass is 246 g/mol. The van der Waals surface area contributed by atoms with Crippen LogP contribution in [0.15, 0.2) is 16.8 Å². The lowest BCUT2D eigenvalue weighted by Crippen LogP contribution is -2.41. The molecule has 84 valence electrons. The summed E-state index contributed by atoms with van der Waals surface area (Å²) < 4.78 is 26.4. The quantitative estimate of drug-likeness (QED) is 0.843. The molecule has 0 aliphatic carbocycles. The minimum Gasteiger partial charge on any atom is -0.315 e. The van der Waals surface area contributed by atoms with Crippen LogP contribution < -0.4 is 10.0 Å². The van der Waals surface area contributed by atoms with E-state index in [1.165, 1.54) is 11.3 Å². The molecule has 1 aromatic rings. The number of hydrogen-bond acceptors (Lipinski definition) is 4. The van der Waals surface area contributed by atoms with Crippen molar-refractivity contribution >= 4 is 27.0 Å². The largest absolute Gasteiger partial charge is 0.315 e. The van der Waals surface area contributed by atoms with Gasteiger partial charge in [-0.1, -0.05) is 0 Å². The van der Waals surface area contributed by atoms with Crippen molar-refractivity contribution < 1.29 is 8.42 Å². The first kappa shape index (κ1) is 10.9. The molecule has 1 aliphatic rings. The highest BCUT2D eigenvalue weighted by molar-refractivity contribution is 7.93. The SMILES string of the molecule is O=S(=O)(Nc1ccsc1)C1CCCNC1. The normalized spacial score (nSPS) is 22.5. The fourth-order valence-corrected chi connectivity index (χ4v) is 3.75. The van der Waals surface area contributed by atoms with Gasteiger partial charge < -0.3 is 5.32 Å². The summed E-state index contributed by atoms with van der Waals surface area (Å²) in [7, 11) is -3.21. The van der Waals surface area contributed by atoms with Crippen molar-refractivity contribution in [3.8, 4) is 0 Å². The van der Waals surface area contributed by atoms with Gasteiger partial charge in [-0.05, 0) is 30.8 Å². The lowest BCUT2D eigenvalue weighted by Gasteiger charge is -2.22. The van der Waals surface area contributed by atoms with Crippen molar-refractivity contribution in [2.45, 2.75) is 18.1 Å². The van der Waals surface area contributed by atoms with Crippen molar-refractivity contribution in [1.82, 2.24) is 5.32 Å². The van der Waals surface area contributed by atoms with E-state index in [2.05, 4.69) is 10.0 Å². The van der Waals surface area contributed by atoms with Crippen LogP contribution in [0.4, 0.5) is 5.69 Å². The van der Waals surface area contributed by atoms with E-state index >= 15 is 0 Å². The molecule has 0 amide bonds.